The van der Waals surface area contributed by atoms with E-state index in [0.717, 1.165) is 84.4 Å². The van der Waals surface area contributed by atoms with Crippen molar-refractivity contribution in [3.8, 4) is 0 Å². The van der Waals surface area contributed by atoms with Gasteiger partial charge in [0, 0.05) is 10.6 Å². The first kappa shape index (κ1) is 19.1. The van der Waals surface area contributed by atoms with Gasteiger partial charge in [0.15, 0.2) is 0 Å². The lowest BCUT2D eigenvalue weighted by Crippen LogP contribution is -2.34. The molecule has 3 aliphatic rings. The Balaban J connectivity index is 1.39. The minimum Gasteiger partial charge on any atom is -0.388 e. The van der Waals surface area contributed by atoms with Gasteiger partial charge < -0.3 is 10.4 Å². The van der Waals surface area contributed by atoms with Crippen molar-refractivity contribution >= 4 is 33.1 Å². The Morgan fingerprint density at radius 2 is 1.69 bits per heavy atom. The first-order valence-electron chi connectivity index (χ1n) is 10.2. The summed E-state index contributed by atoms with van der Waals surface area (Å²) >= 11 is 1.14. The van der Waals surface area contributed by atoms with Gasteiger partial charge >= 0.3 is 6.03 Å². The topological polar surface area (TPSA) is 95.5 Å². The molecule has 5 rings (SSSR count). The number of carbonyl (C=O) groups is 1. The van der Waals surface area contributed by atoms with Crippen molar-refractivity contribution in [3.05, 3.63) is 44.8 Å². The standard InChI is InChI=1S/C21H24N2O4S2/c24-17-8-3-9-18-16(17)11-19(28-18)29(26,27)23-21(25)22-20-14-6-1-4-12(14)10-13-5-2-7-15(13)20/h10-11,17,24H,1-9H2,(H2,22,23,25). The first-order chi connectivity index (χ1) is 13.9. The Bertz CT molecular complexity index is 1070. The highest BCUT2D eigenvalue weighted by Crippen LogP contribution is 2.39. The fraction of sp³-hybridized carbons (Fsp3) is 0.476. The van der Waals surface area contributed by atoms with Gasteiger partial charge in [-0.1, -0.05) is 6.07 Å². The van der Waals surface area contributed by atoms with E-state index in [0.29, 0.717) is 12.0 Å². The van der Waals surface area contributed by atoms with Crippen LogP contribution in [0.3, 0.4) is 0 Å². The molecule has 154 valence electrons. The van der Waals surface area contributed by atoms with Crippen LogP contribution in [-0.4, -0.2) is 19.6 Å². The summed E-state index contributed by atoms with van der Waals surface area (Å²) in [6.07, 6.45) is 7.62. The zero-order chi connectivity index (χ0) is 20.2. The highest BCUT2D eigenvalue weighted by Gasteiger charge is 2.29. The highest BCUT2D eigenvalue weighted by atomic mass is 32.2. The van der Waals surface area contributed by atoms with Crippen molar-refractivity contribution < 1.29 is 18.3 Å². The second-order valence-electron chi connectivity index (χ2n) is 8.15. The van der Waals surface area contributed by atoms with Crippen LogP contribution in [0, 0.1) is 0 Å². The number of aliphatic hydroxyl groups excluding tert-OH is 1. The molecule has 0 saturated carbocycles. The smallest absolute Gasteiger partial charge is 0.333 e. The zero-order valence-corrected chi connectivity index (χ0v) is 17.7. The predicted octanol–water partition coefficient (Wildman–Crippen LogP) is 3.61. The maximum atomic E-state index is 12.8. The van der Waals surface area contributed by atoms with Crippen LogP contribution in [0.15, 0.2) is 16.3 Å². The fourth-order valence-electron chi connectivity index (χ4n) is 4.92. The molecule has 2 amide bonds. The Labute approximate surface area is 174 Å². The van der Waals surface area contributed by atoms with Gasteiger partial charge in [-0.05, 0) is 91.7 Å². The number of hydrogen-bond acceptors (Lipinski definition) is 5. The average molecular weight is 433 g/mol. The molecular formula is C21H24N2O4S2. The fourth-order valence-corrected chi connectivity index (χ4v) is 7.45. The number of benzene rings is 1. The predicted molar refractivity (Wildman–Crippen MR) is 112 cm³/mol. The lowest BCUT2D eigenvalue weighted by Gasteiger charge is -2.16. The third-order valence-corrected chi connectivity index (χ3v) is 9.28. The number of nitrogens with one attached hydrogen (secondary N) is 2. The van der Waals surface area contributed by atoms with Gasteiger partial charge in [-0.15, -0.1) is 11.3 Å². The molecular weight excluding hydrogens is 408 g/mol. The van der Waals surface area contributed by atoms with Gasteiger partial charge in [0.25, 0.3) is 10.0 Å². The Morgan fingerprint density at radius 3 is 2.34 bits per heavy atom. The quantitative estimate of drug-likeness (QED) is 0.690. The molecule has 0 fully saturated rings. The van der Waals surface area contributed by atoms with E-state index in [-0.39, 0.29) is 4.21 Å². The molecule has 1 heterocycles. The second kappa shape index (κ2) is 7.11. The van der Waals surface area contributed by atoms with E-state index in [2.05, 4.69) is 16.1 Å². The molecule has 0 bridgehead atoms. The summed E-state index contributed by atoms with van der Waals surface area (Å²) in [7, 11) is -3.98. The molecule has 1 aromatic carbocycles. The van der Waals surface area contributed by atoms with E-state index < -0.39 is 22.2 Å². The average Bonchev–Trinajstić information content (AvgIpc) is 3.40. The number of urea groups is 1. The summed E-state index contributed by atoms with van der Waals surface area (Å²) in [6.45, 7) is 0. The van der Waals surface area contributed by atoms with Gasteiger partial charge in [0.1, 0.15) is 4.21 Å². The molecule has 29 heavy (non-hydrogen) atoms. The summed E-state index contributed by atoms with van der Waals surface area (Å²) in [4.78, 5) is 13.6. The number of fused-ring (bicyclic) bond motifs is 3. The van der Waals surface area contributed by atoms with E-state index in [1.54, 1.807) is 0 Å². The number of sulfonamides is 1. The van der Waals surface area contributed by atoms with Gasteiger partial charge in [0.05, 0.1) is 6.10 Å². The van der Waals surface area contributed by atoms with E-state index in [1.165, 1.54) is 17.2 Å². The molecule has 0 aliphatic heterocycles. The molecule has 1 unspecified atom stereocenters. The number of rotatable bonds is 3. The first-order valence-corrected chi connectivity index (χ1v) is 12.5. The molecule has 1 aromatic heterocycles. The van der Waals surface area contributed by atoms with Crippen LogP contribution >= 0.6 is 11.3 Å². The van der Waals surface area contributed by atoms with Gasteiger partial charge in [-0.2, -0.15) is 0 Å². The molecule has 8 heteroatoms. The molecule has 3 N–H and O–H groups in total. The Hall–Kier alpha value is -1.90. The van der Waals surface area contributed by atoms with E-state index in [9.17, 15) is 18.3 Å². The number of aryl methyl sites for hydroxylation is 3. The van der Waals surface area contributed by atoms with E-state index in [1.807, 2.05) is 0 Å². The second-order valence-corrected chi connectivity index (χ2v) is 11.2. The minimum atomic E-state index is -3.98. The molecule has 2 aromatic rings. The summed E-state index contributed by atoms with van der Waals surface area (Å²) in [5, 5.41) is 13.0. The normalized spacial score (nSPS) is 20.1. The maximum absolute atomic E-state index is 12.8. The highest BCUT2D eigenvalue weighted by molar-refractivity contribution is 7.92. The molecule has 1 atom stereocenters. The number of anilines is 1. The number of aliphatic hydroxyl groups is 1. The summed E-state index contributed by atoms with van der Waals surface area (Å²) in [6, 6.07) is 3.06. The van der Waals surface area contributed by atoms with Crippen molar-refractivity contribution in [1.82, 2.24) is 4.72 Å². The third kappa shape index (κ3) is 3.37. The van der Waals surface area contributed by atoms with Crippen molar-refractivity contribution in [2.24, 2.45) is 0 Å². The summed E-state index contributed by atoms with van der Waals surface area (Å²) < 4.78 is 27.8. The number of thiophene rings is 1. The van der Waals surface area contributed by atoms with Gasteiger partial charge in [-0.3, -0.25) is 0 Å². The van der Waals surface area contributed by atoms with E-state index >= 15 is 0 Å². The van der Waals surface area contributed by atoms with Crippen molar-refractivity contribution in [3.63, 3.8) is 0 Å². The van der Waals surface area contributed by atoms with Crippen LogP contribution in [-0.2, 0) is 42.1 Å². The monoisotopic (exact) mass is 432 g/mol. The van der Waals surface area contributed by atoms with E-state index in [4.69, 9.17) is 0 Å². The number of carbonyl (C=O) groups excluding carboxylic acids is 1. The van der Waals surface area contributed by atoms with Crippen molar-refractivity contribution in [1.29, 1.82) is 0 Å². The summed E-state index contributed by atoms with van der Waals surface area (Å²) in [5.41, 5.74) is 6.38. The van der Waals surface area contributed by atoms with Crippen LogP contribution in [0.1, 0.15) is 64.5 Å². The number of hydrogen-bond donors (Lipinski definition) is 3. The largest absolute Gasteiger partial charge is 0.388 e. The lowest BCUT2D eigenvalue weighted by molar-refractivity contribution is 0.157. The third-order valence-electron chi connectivity index (χ3n) is 6.26. The van der Waals surface area contributed by atoms with Crippen molar-refractivity contribution in [2.45, 2.75) is 68.1 Å². The summed E-state index contributed by atoms with van der Waals surface area (Å²) in [5.74, 6) is 0. The molecule has 0 spiro atoms. The van der Waals surface area contributed by atoms with Crippen LogP contribution in [0.5, 0.6) is 0 Å². The zero-order valence-electron chi connectivity index (χ0n) is 16.1. The van der Waals surface area contributed by atoms with Gasteiger partial charge in [-0.25, -0.2) is 17.9 Å². The Kier molecular flexibility index (Phi) is 4.68. The number of amides is 2. The molecule has 6 nitrogen and oxygen atoms in total. The van der Waals surface area contributed by atoms with Crippen LogP contribution in [0.4, 0.5) is 10.5 Å². The van der Waals surface area contributed by atoms with Crippen LogP contribution in [0.25, 0.3) is 0 Å². The molecule has 0 saturated heterocycles. The SMILES string of the molecule is O=C(Nc1c2c(cc3c1CCC3)CCC2)NS(=O)(=O)c1cc2c(s1)CCCC2O. The maximum Gasteiger partial charge on any atom is 0.333 e. The molecule has 3 aliphatic carbocycles. The minimum absolute atomic E-state index is 0.0853. The van der Waals surface area contributed by atoms with Crippen LogP contribution in [0.2, 0.25) is 0 Å². The van der Waals surface area contributed by atoms with Crippen LogP contribution < -0.4 is 10.0 Å². The van der Waals surface area contributed by atoms with Gasteiger partial charge in [0.2, 0.25) is 0 Å². The lowest BCUT2D eigenvalue weighted by atomic mass is 9.97. The van der Waals surface area contributed by atoms with Crippen molar-refractivity contribution in [2.75, 3.05) is 5.32 Å². The Morgan fingerprint density at radius 1 is 1.00 bits per heavy atom. The molecule has 0 radical (unpaired) electrons.